The Morgan fingerprint density at radius 2 is 0.609 bits per heavy atom. The van der Waals surface area contributed by atoms with Gasteiger partial charge >= 0.3 is 17.9 Å². The van der Waals surface area contributed by atoms with Crippen molar-refractivity contribution in [1.29, 1.82) is 0 Å². The van der Waals surface area contributed by atoms with Crippen molar-refractivity contribution in [3.63, 3.8) is 0 Å². The summed E-state index contributed by atoms with van der Waals surface area (Å²) >= 11 is 0. The van der Waals surface area contributed by atoms with Crippen molar-refractivity contribution in [2.45, 2.75) is 213 Å². The molecule has 0 radical (unpaired) electrons. The minimum atomic E-state index is -0.817. The zero-order valence-electron chi connectivity index (χ0n) is 41.0. The molecule has 0 aliphatic heterocycles. The van der Waals surface area contributed by atoms with Gasteiger partial charge in [-0.2, -0.15) is 0 Å². The van der Waals surface area contributed by atoms with E-state index in [2.05, 4.69) is 142 Å². The monoisotopic (exact) mass is 885 g/mol. The second-order valence-corrected chi connectivity index (χ2v) is 16.3. The average molecular weight is 885 g/mol. The SMILES string of the molecule is CC/C=C\C/C=C\C/C=C\C/C=C\C/C=C\C/C=C\CCCCC(=O)OCC(COC(=O)CCCCCCC/C=C\CCCCC)OC(=O)CCCCC/C=C\C/C=C\C/C=C\CC. The van der Waals surface area contributed by atoms with Gasteiger partial charge < -0.3 is 14.2 Å². The summed E-state index contributed by atoms with van der Waals surface area (Å²) in [6, 6.07) is 0. The van der Waals surface area contributed by atoms with Crippen LogP contribution < -0.4 is 0 Å². The Hall–Kier alpha value is -4.19. The van der Waals surface area contributed by atoms with Gasteiger partial charge in [-0.3, -0.25) is 14.4 Å². The van der Waals surface area contributed by atoms with Crippen molar-refractivity contribution in [3.05, 3.63) is 122 Å². The summed E-state index contributed by atoms with van der Waals surface area (Å²) in [5, 5.41) is 0. The fraction of sp³-hybridized carbons (Fsp3) is 0.603. The van der Waals surface area contributed by atoms with Crippen LogP contribution in [0.15, 0.2) is 122 Å². The van der Waals surface area contributed by atoms with Crippen LogP contribution in [0.3, 0.4) is 0 Å². The smallest absolute Gasteiger partial charge is 0.306 e. The van der Waals surface area contributed by atoms with Crippen LogP contribution in [0.4, 0.5) is 0 Å². The molecule has 0 spiro atoms. The summed E-state index contributed by atoms with van der Waals surface area (Å²) in [5.74, 6) is -1.00. The first-order valence-electron chi connectivity index (χ1n) is 25.5. The maximum atomic E-state index is 12.8. The third-order valence-electron chi connectivity index (χ3n) is 10.2. The molecule has 360 valence electrons. The van der Waals surface area contributed by atoms with Crippen LogP contribution in [0.1, 0.15) is 207 Å². The highest BCUT2D eigenvalue weighted by atomic mass is 16.6. The van der Waals surface area contributed by atoms with Gasteiger partial charge in [0.2, 0.25) is 0 Å². The van der Waals surface area contributed by atoms with E-state index in [0.717, 1.165) is 122 Å². The molecule has 0 amide bonds. The molecule has 6 nitrogen and oxygen atoms in total. The maximum absolute atomic E-state index is 12.8. The molecule has 6 heteroatoms. The molecule has 0 aromatic heterocycles. The summed E-state index contributed by atoms with van der Waals surface area (Å²) in [4.78, 5) is 37.9. The van der Waals surface area contributed by atoms with Crippen LogP contribution in [0.2, 0.25) is 0 Å². The van der Waals surface area contributed by atoms with E-state index < -0.39 is 6.10 Å². The van der Waals surface area contributed by atoms with Crippen LogP contribution in [0, 0.1) is 0 Å². The quantitative estimate of drug-likeness (QED) is 0.0262. The van der Waals surface area contributed by atoms with Crippen molar-refractivity contribution in [2.24, 2.45) is 0 Å². The molecule has 0 rings (SSSR count). The molecule has 0 saturated heterocycles. The molecular weight excluding hydrogens is 793 g/mol. The fourth-order valence-electron chi connectivity index (χ4n) is 6.39. The zero-order chi connectivity index (χ0) is 46.5. The topological polar surface area (TPSA) is 78.9 Å². The van der Waals surface area contributed by atoms with Crippen molar-refractivity contribution >= 4 is 17.9 Å². The minimum absolute atomic E-state index is 0.112. The van der Waals surface area contributed by atoms with Gasteiger partial charge in [0.1, 0.15) is 13.2 Å². The van der Waals surface area contributed by atoms with E-state index >= 15 is 0 Å². The lowest BCUT2D eigenvalue weighted by Crippen LogP contribution is -2.30. The molecule has 64 heavy (non-hydrogen) atoms. The van der Waals surface area contributed by atoms with Crippen LogP contribution in [-0.4, -0.2) is 37.2 Å². The number of esters is 3. The van der Waals surface area contributed by atoms with Crippen LogP contribution in [0.25, 0.3) is 0 Å². The lowest BCUT2D eigenvalue weighted by atomic mass is 10.1. The molecule has 0 aliphatic carbocycles. The Kier molecular flexibility index (Phi) is 48.1. The van der Waals surface area contributed by atoms with E-state index in [1.54, 1.807) is 0 Å². The maximum Gasteiger partial charge on any atom is 0.306 e. The van der Waals surface area contributed by atoms with Gasteiger partial charge in [0.25, 0.3) is 0 Å². The number of hydrogen-bond acceptors (Lipinski definition) is 6. The minimum Gasteiger partial charge on any atom is -0.462 e. The third kappa shape index (κ3) is 48.8. The van der Waals surface area contributed by atoms with E-state index in [4.69, 9.17) is 14.2 Å². The first-order chi connectivity index (χ1) is 31.5. The highest BCUT2D eigenvalue weighted by Gasteiger charge is 2.19. The van der Waals surface area contributed by atoms with Gasteiger partial charge in [-0.05, 0) is 128 Å². The molecule has 0 aromatic carbocycles. The Labute approximate surface area is 392 Å². The fourth-order valence-corrected chi connectivity index (χ4v) is 6.39. The number of hydrogen-bond donors (Lipinski definition) is 0. The van der Waals surface area contributed by atoms with Crippen LogP contribution >= 0.6 is 0 Å². The first kappa shape index (κ1) is 59.8. The van der Waals surface area contributed by atoms with Gasteiger partial charge in [-0.25, -0.2) is 0 Å². The lowest BCUT2D eigenvalue weighted by Gasteiger charge is -2.18. The van der Waals surface area contributed by atoms with Crippen molar-refractivity contribution in [1.82, 2.24) is 0 Å². The highest BCUT2D eigenvalue weighted by molar-refractivity contribution is 5.71. The van der Waals surface area contributed by atoms with Crippen molar-refractivity contribution < 1.29 is 28.6 Å². The van der Waals surface area contributed by atoms with Crippen LogP contribution in [0.5, 0.6) is 0 Å². The molecule has 0 N–H and O–H groups in total. The summed E-state index contributed by atoms with van der Waals surface area (Å²) < 4.78 is 16.7. The molecular formula is C58H92O6. The summed E-state index contributed by atoms with van der Waals surface area (Å²) in [6.45, 7) is 6.29. The number of carbonyl (C=O) groups excluding carboxylic acids is 3. The van der Waals surface area contributed by atoms with Gasteiger partial charge in [-0.15, -0.1) is 0 Å². The van der Waals surface area contributed by atoms with Crippen molar-refractivity contribution in [3.8, 4) is 0 Å². The summed E-state index contributed by atoms with van der Waals surface area (Å²) in [5.41, 5.74) is 0. The van der Waals surface area contributed by atoms with Gasteiger partial charge in [-0.1, -0.05) is 181 Å². The van der Waals surface area contributed by atoms with E-state index in [1.807, 2.05) is 0 Å². The normalized spacial score (nSPS) is 13.1. The summed E-state index contributed by atoms with van der Waals surface area (Å²) in [7, 11) is 0. The molecule has 1 atom stereocenters. The average Bonchev–Trinajstić information content (AvgIpc) is 3.29. The largest absolute Gasteiger partial charge is 0.462 e. The molecule has 0 heterocycles. The number of carbonyl (C=O) groups is 3. The van der Waals surface area contributed by atoms with Gasteiger partial charge in [0, 0.05) is 19.3 Å². The standard InChI is InChI=1S/C58H92O6/c1-4-7-10-13-16-19-22-25-26-27-28-29-30-31-32-34-36-39-42-45-48-51-57(60)63-54-55(53-62-56(59)50-47-44-41-38-35-24-21-18-15-12-9-6-3)64-58(61)52-49-46-43-40-37-33-23-20-17-14-11-8-5-2/h7-8,10-11,16-21,25-26,28-29,31-33,36-37,39,55H,4-6,9,12-15,22-24,27,30,34-35,38,40-54H2,1-3H3/b10-7-,11-8-,19-16-,20-17-,21-18-,26-25-,29-28-,32-31-,37-33-,39-36-. The zero-order valence-corrected chi connectivity index (χ0v) is 41.0. The van der Waals surface area contributed by atoms with Crippen LogP contribution in [-0.2, 0) is 28.6 Å². The molecule has 0 bridgehead atoms. The second kappa shape index (κ2) is 51.4. The predicted molar refractivity (Wildman–Crippen MR) is 274 cm³/mol. The number of allylic oxidation sites excluding steroid dienone is 20. The number of ether oxygens (including phenoxy) is 3. The summed E-state index contributed by atoms with van der Waals surface area (Å²) in [6.07, 6.45) is 70.4. The molecule has 0 aliphatic rings. The van der Waals surface area contributed by atoms with Gasteiger partial charge in [0.05, 0.1) is 0 Å². The molecule has 1 unspecified atom stereocenters. The van der Waals surface area contributed by atoms with E-state index in [9.17, 15) is 14.4 Å². The molecule has 0 aromatic rings. The van der Waals surface area contributed by atoms with Gasteiger partial charge in [0.15, 0.2) is 6.10 Å². The van der Waals surface area contributed by atoms with E-state index in [-0.39, 0.29) is 37.5 Å². The first-order valence-corrected chi connectivity index (χ1v) is 25.5. The molecule has 0 saturated carbocycles. The Balaban J connectivity index is 4.50. The Bertz CT molecular complexity index is 1390. The predicted octanol–water partition coefficient (Wildman–Crippen LogP) is 16.9. The Morgan fingerprint density at radius 3 is 1.02 bits per heavy atom. The number of rotatable bonds is 44. The van der Waals surface area contributed by atoms with Crippen molar-refractivity contribution in [2.75, 3.05) is 13.2 Å². The lowest BCUT2D eigenvalue weighted by molar-refractivity contribution is -0.167. The molecule has 0 fully saturated rings. The Morgan fingerprint density at radius 1 is 0.328 bits per heavy atom. The number of unbranched alkanes of at least 4 members (excludes halogenated alkanes) is 13. The van der Waals surface area contributed by atoms with E-state index in [0.29, 0.717) is 25.7 Å². The second-order valence-electron chi connectivity index (χ2n) is 16.3. The highest BCUT2D eigenvalue weighted by Crippen LogP contribution is 2.12. The van der Waals surface area contributed by atoms with E-state index in [1.165, 1.54) is 32.1 Å². The third-order valence-corrected chi connectivity index (χ3v) is 10.2.